The first-order valence-corrected chi connectivity index (χ1v) is 21.2. The third kappa shape index (κ3) is 10.4. The van der Waals surface area contributed by atoms with Gasteiger partial charge in [-0.15, -0.1) is 0 Å². The van der Waals surface area contributed by atoms with Crippen LogP contribution in [-0.2, 0) is 33.7 Å². The Morgan fingerprint density at radius 2 is 1.52 bits per heavy atom. The predicted molar refractivity (Wildman–Crippen MR) is 235 cm³/mol. The number of aldehydes is 1. The highest BCUT2D eigenvalue weighted by molar-refractivity contribution is 6.05. The first-order valence-electron chi connectivity index (χ1n) is 21.2. The first-order chi connectivity index (χ1) is 29.9. The average Bonchev–Trinajstić information content (AvgIpc) is 3.75. The van der Waals surface area contributed by atoms with Crippen molar-refractivity contribution in [3.8, 4) is 16.9 Å². The lowest BCUT2D eigenvalue weighted by molar-refractivity contribution is 0.0364. The molecule has 61 heavy (non-hydrogen) atoms. The van der Waals surface area contributed by atoms with Crippen molar-refractivity contribution in [2.75, 3.05) is 72.4 Å². The van der Waals surface area contributed by atoms with E-state index in [9.17, 15) is 19.5 Å². The lowest BCUT2D eigenvalue weighted by atomic mass is 9.98. The number of carboxylic acids is 1. The van der Waals surface area contributed by atoms with Crippen LogP contribution in [0, 0.1) is 13.8 Å². The van der Waals surface area contributed by atoms with Gasteiger partial charge in [-0.3, -0.25) is 19.2 Å². The Morgan fingerprint density at radius 3 is 2.33 bits per heavy atom. The highest BCUT2D eigenvalue weighted by Gasteiger charge is 2.24. The van der Waals surface area contributed by atoms with Gasteiger partial charge in [0.2, 0.25) is 0 Å². The number of aromatic nitrogens is 3. The van der Waals surface area contributed by atoms with Crippen molar-refractivity contribution in [3.63, 3.8) is 0 Å². The van der Waals surface area contributed by atoms with Crippen LogP contribution in [0.15, 0.2) is 84.9 Å². The van der Waals surface area contributed by atoms with Crippen LogP contribution < -0.4 is 10.1 Å². The smallest absolute Gasteiger partial charge is 0.336 e. The Balaban J connectivity index is 0.979. The van der Waals surface area contributed by atoms with Crippen LogP contribution in [0.4, 0.5) is 0 Å². The van der Waals surface area contributed by atoms with Gasteiger partial charge in [0.05, 0.1) is 67.7 Å². The second-order valence-corrected chi connectivity index (χ2v) is 15.2. The van der Waals surface area contributed by atoms with Crippen LogP contribution in [-0.4, -0.2) is 115 Å². The lowest BCUT2D eigenvalue weighted by Crippen LogP contribution is -2.38. The third-order valence-electron chi connectivity index (χ3n) is 11.3. The minimum absolute atomic E-state index is 0.0397. The van der Waals surface area contributed by atoms with Crippen LogP contribution >= 0.6 is 0 Å². The van der Waals surface area contributed by atoms with Crippen molar-refractivity contribution in [2.45, 2.75) is 46.2 Å². The molecule has 1 saturated heterocycles. The summed E-state index contributed by atoms with van der Waals surface area (Å²) in [5, 5.41) is 20.3. The molecule has 2 N–H and O–H groups in total. The molecule has 0 unspecified atom stereocenters. The fourth-order valence-electron chi connectivity index (χ4n) is 8.29. The van der Waals surface area contributed by atoms with E-state index >= 15 is 0 Å². The van der Waals surface area contributed by atoms with Crippen molar-refractivity contribution < 1.29 is 38.4 Å². The molecule has 0 bridgehead atoms. The number of fused-ring (bicyclic) bond motifs is 2. The van der Waals surface area contributed by atoms with Crippen LogP contribution in [0.25, 0.3) is 32.8 Å². The maximum atomic E-state index is 13.1. The van der Waals surface area contributed by atoms with Crippen molar-refractivity contribution >= 4 is 39.8 Å². The Hall–Kier alpha value is -5.86. The number of aromatic carboxylic acids is 1. The number of ether oxygens (including phenoxy) is 4. The Kier molecular flexibility index (Phi) is 14.9. The zero-order chi connectivity index (χ0) is 42.6. The van der Waals surface area contributed by atoms with Crippen LogP contribution in [0.2, 0.25) is 0 Å². The van der Waals surface area contributed by atoms with E-state index in [2.05, 4.69) is 58.1 Å². The Labute approximate surface area is 356 Å². The van der Waals surface area contributed by atoms with Gasteiger partial charge < -0.3 is 33.9 Å². The van der Waals surface area contributed by atoms with Gasteiger partial charge in [-0.25, -0.2) is 4.79 Å². The summed E-state index contributed by atoms with van der Waals surface area (Å²) < 4.78 is 27.7. The number of morpholine rings is 1. The summed E-state index contributed by atoms with van der Waals surface area (Å²) in [6.45, 7) is 11.8. The number of carboxylic acid groups (broad SMARTS) is 1. The normalized spacial score (nSPS) is 13.2. The minimum Gasteiger partial charge on any atom is -0.493 e. The summed E-state index contributed by atoms with van der Waals surface area (Å²) >= 11 is 0. The zero-order valence-electron chi connectivity index (χ0n) is 35.1. The number of aryl methyl sites for hydroxylation is 3. The van der Waals surface area contributed by atoms with Gasteiger partial charge >= 0.3 is 5.97 Å². The van der Waals surface area contributed by atoms with E-state index in [0.29, 0.717) is 59.2 Å². The number of nitrogens with one attached hydrogen (secondary N) is 1. The zero-order valence-corrected chi connectivity index (χ0v) is 35.1. The van der Waals surface area contributed by atoms with Crippen LogP contribution in [0.3, 0.4) is 0 Å². The number of hydrogen-bond acceptors (Lipinski definition) is 9. The van der Waals surface area contributed by atoms with E-state index in [1.54, 1.807) is 12.1 Å². The maximum Gasteiger partial charge on any atom is 0.336 e. The largest absolute Gasteiger partial charge is 0.493 e. The molecule has 3 heterocycles. The quantitative estimate of drug-likeness (QED) is 0.0543. The fraction of sp³-hybridized carbons (Fsp3) is 0.375. The summed E-state index contributed by atoms with van der Waals surface area (Å²) in [4.78, 5) is 39.3. The number of rotatable bonds is 22. The number of carbonyl (C=O) groups is 3. The molecule has 2 aromatic heterocycles. The molecule has 1 aliphatic rings. The molecule has 1 aliphatic heterocycles. The van der Waals surface area contributed by atoms with Crippen LogP contribution in [0.5, 0.6) is 5.75 Å². The molecule has 13 nitrogen and oxygen atoms in total. The summed E-state index contributed by atoms with van der Waals surface area (Å²) in [5.74, 6) is -0.734. The second kappa shape index (κ2) is 21.1. The van der Waals surface area contributed by atoms with Gasteiger partial charge in [0.1, 0.15) is 5.75 Å². The van der Waals surface area contributed by atoms with Gasteiger partial charge in [0.25, 0.3) is 5.91 Å². The average molecular weight is 830 g/mol. The van der Waals surface area contributed by atoms with Gasteiger partial charge in [0.15, 0.2) is 6.29 Å². The fourth-order valence-corrected chi connectivity index (χ4v) is 8.29. The predicted octanol–water partition coefficient (Wildman–Crippen LogP) is 6.98. The molecule has 0 aliphatic carbocycles. The lowest BCUT2D eigenvalue weighted by Gasteiger charge is -2.27. The Morgan fingerprint density at radius 1 is 0.803 bits per heavy atom. The van der Waals surface area contributed by atoms with E-state index in [0.717, 1.165) is 100.0 Å². The topological polar surface area (TPSA) is 146 Å². The molecular weight excluding hydrogens is 775 g/mol. The number of hydrogen-bond donors (Lipinski definition) is 2. The molecule has 0 saturated carbocycles. The second-order valence-electron chi connectivity index (χ2n) is 15.2. The third-order valence-corrected chi connectivity index (χ3v) is 11.3. The maximum absolute atomic E-state index is 13.1. The van der Waals surface area contributed by atoms with Crippen molar-refractivity contribution in [1.82, 2.24) is 24.6 Å². The number of benzene rings is 4. The van der Waals surface area contributed by atoms with Gasteiger partial charge in [-0.1, -0.05) is 66.7 Å². The van der Waals surface area contributed by atoms with E-state index in [4.69, 9.17) is 24.0 Å². The van der Waals surface area contributed by atoms with Crippen molar-refractivity contribution in [2.24, 2.45) is 0 Å². The summed E-state index contributed by atoms with van der Waals surface area (Å²) in [5.41, 5.74) is 7.03. The number of amides is 1. The standard InChI is InChI=1S/C48H55N5O8/c1-34-45(35(2)53(50-34)21-10-26-58-31-32-59-28-20-49-47(55)40-14-5-6-15-41(40)48(56)57)42-17-8-16-39-38(18-9-27-61-44-19-7-12-36-11-3-4-13-37(36)44)43(33-54)52(46(39)42)23-22-51-24-29-60-30-25-51/h3-8,11-17,19,33H,9-10,18,20-32H2,1-2H3,(H,49,55)(H,56,57). The molecule has 0 spiro atoms. The first kappa shape index (κ1) is 43.2. The summed E-state index contributed by atoms with van der Waals surface area (Å²) in [7, 11) is 0. The van der Waals surface area contributed by atoms with Gasteiger partial charge in [-0.05, 0) is 62.3 Å². The van der Waals surface area contributed by atoms with Crippen molar-refractivity contribution in [1.29, 1.82) is 0 Å². The van der Waals surface area contributed by atoms with Crippen molar-refractivity contribution in [3.05, 3.63) is 119 Å². The molecule has 0 radical (unpaired) electrons. The van der Waals surface area contributed by atoms with E-state index < -0.39 is 11.9 Å². The monoisotopic (exact) mass is 829 g/mol. The highest BCUT2D eigenvalue weighted by atomic mass is 16.5. The molecule has 13 heteroatoms. The molecule has 320 valence electrons. The summed E-state index contributed by atoms with van der Waals surface area (Å²) in [6.07, 6.45) is 3.23. The van der Waals surface area contributed by atoms with Gasteiger partial charge in [-0.2, -0.15) is 5.10 Å². The number of carbonyl (C=O) groups excluding carboxylic acids is 2. The molecule has 1 amide bonds. The number of nitrogens with zero attached hydrogens (tertiary/aromatic N) is 4. The number of para-hydroxylation sites is 1. The van der Waals surface area contributed by atoms with Crippen LogP contribution in [0.1, 0.15) is 61.0 Å². The minimum atomic E-state index is -1.15. The molecule has 6 aromatic rings. The SMILES string of the molecule is Cc1nn(CCCOCCOCCNC(=O)c2ccccc2C(=O)O)c(C)c1-c1cccc2c(CCCOc3cccc4ccccc34)c(C=O)n(CCN3CCOCC3)c12. The molecule has 7 rings (SSSR count). The van der Waals surface area contributed by atoms with E-state index in [1.807, 2.05) is 35.9 Å². The summed E-state index contributed by atoms with van der Waals surface area (Å²) in [6, 6.07) is 26.9. The molecular formula is C48H55N5O8. The Bertz CT molecular complexity index is 2440. The molecule has 1 fully saturated rings. The molecule has 4 aromatic carbocycles. The molecule has 0 atom stereocenters. The highest BCUT2D eigenvalue weighted by Crippen LogP contribution is 2.38. The van der Waals surface area contributed by atoms with E-state index in [1.165, 1.54) is 12.1 Å². The van der Waals surface area contributed by atoms with E-state index in [-0.39, 0.29) is 24.3 Å². The van der Waals surface area contributed by atoms with Gasteiger partial charge in [0, 0.05) is 73.5 Å².